The van der Waals surface area contributed by atoms with Crippen LogP contribution in [0.3, 0.4) is 0 Å². The van der Waals surface area contributed by atoms with Crippen molar-refractivity contribution in [1.82, 2.24) is 0 Å². The number of amides is 2. The van der Waals surface area contributed by atoms with Crippen LogP contribution in [0.15, 0.2) is 133 Å². The molecule has 1 heterocycles. The maximum absolute atomic E-state index is 16.1. The van der Waals surface area contributed by atoms with Gasteiger partial charge in [0, 0.05) is 0 Å². The summed E-state index contributed by atoms with van der Waals surface area (Å²) in [6.45, 7) is 0. The highest BCUT2D eigenvalue weighted by Gasteiger charge is 2.82. The van der Waals surface area contributed by atoms with Crippen molar-refractivity contribution in [3.63, 3.8) is 0 Å². The lowest BCUT2D eigenvalue weighted by Gasteiger charge is -2.39. The van der Waals surface area contributed by atoms with Crippen molar-refractivity contribution >= 4 is 40.4 Å². The average Bonchev–Trinajstić information content (AvgIpc) is 3.70. The minimum atomic E-state index is -1.60. The van der Waals surface area contributed by atoms with Crippen LogP contribution < -0.4 is 14.4 Å². The molecule has 0 spiro atoms. The molecule has 8 rings (SSSR count). The standard InChI is InChI=1S/C43H33NO7/c1-49-30-22-18-26(19-23-30)34-35(27-20-24-31(50-2)25-21-27)43(29-14-8-5-9-15-29)37-36(42(34,41(43)48)28-12-6-4-7-13-28)38(45)44(39(37)46)33-17-11-10-16-32(33)40(47)51-3/h4-25,36-37H,1-3H3/t36-,37+,42-,43-/m0/s1. The van der Waals surface area contributed by atoms with Crippen molar-refractivity contribution in [3.05, 3.63) is 161 Å². The average molecular weight is 676 g/mol. The minimum Gasteiger partial charge on any atom is -0.497 e. The van der Waals surface area contributed by atoms with Crippen LogP contribution in [0.5, 0.6) is 11.5 Å². The lowest BCUT2D eigenvalue weighted by molar-refractivity contribution is -0.130. The van der Waals surface area contributed by atoms with E-state index in [0.29, 0.717) is 44.9 Å². The van der Waals surface area contributed by atoms with Gasteiger partial charge in [0.15, 0.2) is 5.78 Å². The first kappa shape index (κ1) is 32.0. The molecule has 8 nitrogen and oxygen atoms in total. The topological polar surface area (TPSA) is 99.2 Å². The zero-order valence-corrected chi connectivity index (χ0v) is 28.2. The van der Waals surface area contributed by atoms with Gasteiger partial charge in [0.2, 0.25) is 11.8 Å². The van der Waals surface area contributed by atoms with Crippen LogP contribution in [0.2, 0.25) is 0 Å². The summed E-state index contributed by atoms with van der Waals surface area (Å²) >= 11 is 0. The third-order valence-electron chi connectivity index (χ3n) is 10.8. The van der Waals surface area contributed by atoms with Crippen LogP contribution in [0.1, 0.15) is 32.6 Å². The van der Waals surface area contributed by atoms with E-state index in [4.69, 9.17) is 14.2 Å². The fourth-order valence-corrected chi connectivity index (χ4v) is 8.83. The molecular weight excluding hydrogens is 642 g/mol. The van der Waals surface area contributed by atoms with E-state index in [0.717, 1.165) is 4.90 Å². The van der Waals surface area contributed by atoms with Gasteiger partial charge in [0.25, 0.3) is 0 Å². The van der Waals surface area contributed by atoms with Crippen LogP contribution in [0.25, 0.3) is 11.1 Å². The number of hydrogen-bond acceptors (Lipinski definition) is 7. The Kier molecular flexibility index (Phi) is 7.49. The highest BCUT2D eigenvalue weighted by atomic mass is 16.5. The molecule has 4 atom stereocenters. The van der Waals surface area contributed by atoms with Crippen LogP contribution >= 0.6 is 0 Å². The molecule has 252 valence electrons. The summed E-state index contributed by atoms with van der Waals surface area (Å²) in [5.74, 6) is -3.10. The van der Waals surface area contributed by atoms with Crippen molar-refractivity contribution < 1.29 is 33.4 Å². The predicted octanol–water partition coefficient (Wildman–Crippen LogP) is 6.68. The zero-order valence-electron chi connectivity index (χ0n) is 28.2. The number of ether oxygens (including phenoxy) is 3. The van der Waals surface area contributed by atoms with Crippen LogP contribution in [-0.2, 0) is 30.0 Å². The van der Waals surface area contributed by atoms with E-state index in [1.54, 1.807) is 32.4 Å². The second-order valence-corrected chi connectivity index (χ2v) is 12.9. The van der Waals surface area contributed by atoms with E-state index in [-0.39, 0.29) is 17.0 Å². The molecule has 2 fully saturated rings. The Morgan fingerprint density at radius 2 is 0.961 bits per heavy atom. The number of carbonyl (C=O) groups is 4. The van der Waals surface area contributed by atoms with Crippen molar-refractivity contribution in [2.75, 3.05) is 26.2 Å². The SMILES string of the molecule is COC(=O)c1ccccc1N1C(=O)[C@@H]2[C@H](C1=O)[C@@]1(c3ccccc3)C(=O)[C@@]2(c2ccccc2)C(c2ccc(OC)cc2)=C1c1ccc(OC)cc1. The fourth-order valence-electron chi connectivity index (χ4n) is 8.83. The number of rotatable bonds is 8. The first-order chi connectivity index (χ1) is 24.8. The lowest BCUT2D eigenvalue weighted by Crippen LogP contribution is -2.46. The van der Waals surface area contributed by atoms with Gasteiger partial charge in [-0.2, -0.15) is 0 Å². The zero-order chi connectivity index (χ0) is 35.5. The van der Waals surface area contributed by atoms with Crippen LogP contribution in [0.4, 0.5) is 5.69 Å². The van der Waals surface area contributed by atoms with E-state index in [2.05, 4.69) is 0 Å². The van der Waals surface area contributed by atoms with E-state index in [1.165, 1.54) is 13.2 Å². The molecule has 5 aromatic carbocycles. The summed E-state index contributed by atoms with van der Waals surface area (Å²) in [6.07, 6.45) is 0. The van der Waals surface area contributed by atoms with E-state index >= 15 is 14.4 Å². The van der Waals surface area contributed by atoms with Crippen molar-refractivity contribution in [1.29, 1.82) is 0 Å². The molecule has 1 saturated carbocycles. The number of imide groups is 1. The smallest absolute Gasteiger partial charge is 0.339 e. The van der Waals surface area contributed by atoms with Crippen molar-refractivity contribution in [2.45, 2.75) is 10.8 Å². The molecule has 0 unspecified atom stereocenters. The number of esters is 1. The summed E-state index contributed by atoms with van der Waals surface area (Å²) in [5.41, 5.74) is 0.878. The molecule has 2 bridgehead atoms. The van der Waals surface area contributed by atoms with Gasteiger partial charge in [0.05, 0.1) is 55.2 Å². The number of methoxy groups -OCH3 is 3. The predicted molar refractivity (Wildman–Crippen MR) is 191 cm³/mol. The van der Waals surface area contributed by atoms with Gasteiger partial charge >= 0.3 is 5.97 Å². The first-order valence-corrected chi connectivity index (χ1v) is 16.6. The second kappa shape index (κ2) is 11.9. The third-order valence-corrected chi connectivity index (χ3v) is 10.8. The molecule has 0 aromatic heterocycles. The number of ketones is 1. The largest absolute Gasteiger partial charge is 0.497 e. The maximum atomic E-state index is 16.1. The number of allylic oxidation sites excluding steroid dienone is 2. The fraction of sp³-hybridized carbons (Fsp3) is 0.163. The Balaban J connectivity index is 1.53. The molecule has 1 saturated heterocycles. The molecule has 5 aromatic rings. The Hall–Kier alpha value is -6.28. The molecule has 8 heteroatoms. The number of anilines is 1. The monoisotopic (exact) mass is 675 g/mol. The summed E-state index contributed by atoms with van der Waals surface area (Å²) in [6, 6.07) is 39.9. The molecule has 2 aliphatic carbocycles. The molecule has 0 radical (unpaired) electrons. The number of benzene rings is 5. The number of Topliss-reactive ketones (excluding diaryl/α,β-unsaturated/α-hetero) is 1. The highest BCUT2D eigenvalue weighted by molar-refractivity contribution is 6.39. The second-order valence-electron chi connectivity index (χ2n) is 12.9. The van der Waals surface area contributed by atoms with Crippen molar-refractivity contribution in [3.8, 4) is 11.5 Å². The maximum Gasteiger partial charge on any atom is 0.339 e. The van der Waals surface area contributed by atoms with Crippen LogP contribution in [-0.4, -0.2) is 44.9 Å². The third kappa shape index (κ3) is 4.19. The normalized spacial score (nSPS) is 23.4. The Morgan fingerprint density at radius 3 is 1.37 bits per heavy atom. The van der Waals surface area contributed by atoms with E-state index < -0.39 is 40.4 Å². The van der Waals surface area contributed by atoms with Gasteiger partial charge in [0.1, 0.15) is 11.5 Å². The first-order valence-electron chi connectivity index (χ1n) is 16.6. The number of para-hydroxylation sites is 1. The molecular formula is C43H33NO7. The molecule has 51 heavy (non-hydrogen) atoms. The van der Waals surface area contributed by atoms with Gasteiger partial charge in [-0.15, -0.1) is 0 Å². The molecule has 2 amide bonds. The van der Waals surface area contributed by atoms with Gasteiger partial charge in [-0.25, -0.2) is 9.69 Å². The van der Waals surface area contributed by atoms with Gasteiger partial charge in [-0.05, 0) is 69.8 Å². The quantitative estimate of drug-likeness (QED) is 0.134. The van der Waals surface area contributed by atoms with E-state index in [1.807, 2.05) is 109 Å². The summed E-state index contributed by atoms with van der Waals surface area (Å²) in [4.78, 5) is 60.8. The number of nitrogens with zero attached hydrogens (tertiary/aromatic N) is 1. The van der Waals surface area contributed by atoms with Crippen molar-refractivity contribution in [2.24, 2.45) is 11.8 Å². The number of hydrogen-bond donors (Lipinski definition) is 0. The minimum absolute atomic E-state index is 0.0709. The van der Waals surface area contributed by atoms with Gasteiger partial charge in [-0.1, -0.05) is 97.1 Å². The van der Waals surface area contributed by atoms with Crippen LogP contribution in [0, 0.1) is 11.8 Å². The Bertz CT molecular complexity index is 2120. The van der Waals surface area contributed by atoms with Gasteiger partial charge in [-0.3, -0.25) is 14.4 Å². The summed E-state index contributed by atoms with van der Waals surface area (Å²) < 4.78 is 16.1. The Morgan fingerprint density at radius 1 is 0.549 bits per heavy atom. The lowest BCUT2D eigenvalue weighted by atomic mass is 9.59. The molecule has 1 aliphatic heterocycles. The highest BCUT2D eigenvalue weighted by Crippen LogP contribution is 2.74. The summed E-state index contributed by atoms with van der Waals surface area (Å²) in [7, 11) is 4.42. The summed E-state index contributed by atoms with van der Waals surface area (Å²) in [5, 5.41) is 0. The molecule has 0 N–H and O–H groups in total. The number of carbonyl (C=O) groups excluding carboxylic acids is 4. The van der Waals surface area contributed by atoms with E-state index in [9.17, 15) is 4.79 Å². The number of fused-ring (bicyclic) bond motifs is 5. The Labute approximate surface area is 294 Å². The molecule has 3 aliphatic rings. The van der Waals surface area contributed by atoms with Gasteiger partial charge < -0.3 is 14.2 Å².